The van der Waals surface area contributed by atoms with Crippen molar-refractivity contribution in [2.75, 3.05) is 12.8 Å². The number of ether oxygens (including phenoxy) is 1. The number of nitrogens with zero attached hydrogens (tertiary/aromatic N) is 4. The van der Waals surface area contributed by atoms with E-state index >= 15 is 0 Å². The van der Waals surface area contributed by atoms with Crippen LogP contribution in [0.25, 0.3) is 28.0 Å². The molecule has 1 aliphatic carbocycles. The zero-order valence-electron chi connectivity index (χ0n) is 19.3. The molecule has 1 aromatic carbocycles. The maximum absolute atomic E-state index is 11.3. The zero-order chi connectivity index (χ0) is 24.6. The predicted octanol–water partition coefficient (Wildman–Crippen LogP) is 5.32. The number of fused-ring (bicyclic) bond motifs is 1. The van der Waals surface area contributed by atoms with Gasteiger partial charge in [-0.25, -0.2) is 4.98 Å². The Morgan fingerprint density at radius 2 is 1.91 bits per heavy atom. The first-order valence-electron chi connectivity index (χ1n) is 11.5. The molecule has 0 amide bonds. The van der Waals surface area contributed by atoms with Crippen molar-refractivity contribution in [3.8, 4) is 22.4 Å². The summed E-state index contributed by atoms with van der Waals surface area (Å²) in [5.74, 6) is -0.222. The summed E-state index contributed by atoms with van der Waals surface area (Å²) in [4.78, 5) is 21.0. The highest BCUT2D eigenvalue weighted by Gasteiger charge is 2.39. The van der Waals surface area contributed by atoms with Gasteiger partial charge in [-0.05, 0) is 47.7 Å². The van der Waals surface area contributed by atoms with Crippen molar-refractivity contribution in [3.63, 3.8) is 0 Å². The molecule has 0 bridgehead atoms. The first-order valence-corrected chi connectivity index (χ1v) is 12.3. The van der Waals surface area contributed by atoms with Crippen molar-refractivity contribution in [1.82, 2.24) is 19.6 Å². The van der Waals surface area contributed by atoms with Gasteiger partial charge in [0, 0.05) is 35.9 Å². The fraction of sp³-hybridized carbons (Fsp3) is 0.308. The van der Waals surface area contributed by atoms with Crippen LogP contribution < -0.4 is 5.73 Å². The number of halogens is 1. The zero-order valence-corrected chi connectivity index (χ0v) is 20.9. The number of benzene rings is 1. The summed E-state index contributed by atoms with van der Waals surface area (Å²) < 4.78 is 8.01. The quantitative estimate of drug-likeness (QED) is 0.343. The van der Waals surface area contributed by atoms with Crippen LogP contribution in [-0.4, -0.2) is 43.4 Å². The second kappa shape index (κ2) is 9.39. The lowest BCUT2D eigenvalue weighted by molar-refractivity contribution is -0.146. The molecule has 3 aromatic heterocycles. The number of rotatable bonds is 6. The van der Waals surface area contributed by atoms with Gasteiger partial charge in [-0.2, -0.15) is 9.61 Å². The fourth-order valence-corrected chi connectivity index (χ4v) is 5.55. The highest BCUT2D eigenvalue weighted by molar-refractivity contribution is 9.10. The molecule has 0 aliphatic heterocycles. The van der Waals surface area contributed by atoms with E-state index < -0.39 is 11.6 Å². The average Bonchev–Trinajstić information content (AvgIpc) is 3.31. The van der Waals surface area contributed by atoms with E-state index in [1.54, 1.807) is 17.8 Å². The van der Waals surface area contributed by atoms with Gasteiger partial charge in [-0.1, -0.05) is 36.4 Å². The normalized spacial score (nSPS) is 20.2. The van der Waals surface area contributed by atoms with E-state index in [2.05, 4.69) is 26.0 Å². The van der Waals surface area contributed by atoms with E-state index in [0.717, 1.165) is 45.4 Å². The molecule has 1 fully saturated rings. The molecule has 4 aromatic rings. The van der Waals surface area contributed by atoms with Crippen LogP contribution in [0.5, 0.6) is 0 Å². The Bertz CT molecular complexity index is 1360. The maximum Gasteiger partial charge on any atom is 0.306 e. The van der Waals surface area contributed by atoms with Crippen molar-refractivity contribution < 1.29 is 14.6 Å². The van der Waals surface area contributed by atoms with Crippen LogP contribution in [0.15, 0.2) is 59.3 Å². The van der Waals surface area contributed by atoms with Gasteiger partial charge in [-0.3, -0.25) is 9.78 Å². The van der Waals surface area contributed by atoms with Gasteiger partial charge in [0.15, 0.2) is 5.65 Å². The third-order valence-electron chi connectivity index (χ3n) is 6.98. The third-order valence-corrected chi connectivity index (χ3v) is 7.79. The lowest BCUT2D eigenvalue weighted by Gasteiger charge is -2.38. The lowest BCUT2D eigenvalue weighted by atomic mass is 9.75. The minimum absolute atomic E-state index is 0.00470. The highest BCUT2D eigenvalue weighted by Crippen LogP contribution is 2.44. The number of aliphatic carboxylic acids is 1. The van der Waals surface area contributed by atoms with Crippen LogP contribution in [0.2, 0.25) is 0 Å². The Hall–Kier alpha value is -3.30. The summed E-state index contributed by atoms with van der Waals surface area (Å²) in [7, 11) is 1.59. The van der Waals surface area contributed by atoms with E-state index in [9.17, 15) is 9.90 Å². The SMILES string of the molecule is COC1(CC(=O)O)CCC(c2nc3c(-c4ccc(-c5ccccc5)nc4)cnn3c(N)c2Br)CC1. The Labute approximate surface area is 211 Å². The van der Waals surface area contributed by atoms with E-state index in [4.69, 9.17) is 15.5 Å². The summed E-state index contributed by atoms with van der Waals surface area (Å²) in [5, 5.41) is 13.8. The molecule has 8 nitrogen and oxygen atoms in total. The minimum Gasteiger partial charge on any atom is -0.481 e. The molecular formula is C26H26BrN5O3. The van der Waals surface area contributed by atoms with Crippen molar-refractivity contribution in [2.24, 2.45) is 0 Å². The molecule has 3 N–H and O–H groups in total. The summed E-state index contributed by atoms with van der Waals surface area (Å²) in [6.45, 7) is 0. The molecule has 35 heavy (non-hydrogen) atoms. The van der Waals surface area contributed by atoms with Gasteiger partial charge in [-0.15, -0.1) is 0 Å². The van der Waals surface area contributed by atoms with Crippen molar-refractivity contribution >= 4 is 33.4 Å². The van der Waals surface area contributed by atoms with Gasteiger partial charge in [0.25, 0.3) is 0 Å². The van der Waals surface area contributed by atoms with E-state index in [0.29, 0.717) is 24.3 Å². The standard InChI is InChI=1S/C26H26BrN5O3/c1-35-26(13-21(33)34)11-9-17(10-12-26)23-22(27)24(28)32-25(31-23)19(15-30-32)18-7-8-20(29-14-18)16-5-3-2-4-6-16/h2-8,14-15,17H,9-13,28H2,1H3,(H,33,34). The molecule has 1 saturated carbocycles. The number of nitrogens with two attached hydrogens (primary N) is 1. The van der Waals surface area contributed by atoms with E-state index in [1.807, 2.05) is 48.7 Å². The van der Waals surface area contributed by atoms with Gasteiger partial charge in [0.05, 0.1) is 34.1 Å². The molecule has 0 unspecified atom stereocenters. The Balaban J connectivity index is 1.47. The van der Waals surface area contributed by atoms with E-state index in [-0.39, 0.29) is 12.3 Å². The predicted molar refractivity (Wildman–Crippen MR) is 137 cm³/mol. The number of carbonyl (C=O) groups is 1. The highest BCUT2D eigenvalue weighted by atomic mass is 79.9. The number of methoxy groups -OCH3 is 1. The molecule has 0 saturated heterocycles. The molecule has 3 heterocycles. The van der Waals surface area contributed by atoms with Gasteiger partial charge in [0.2, 0.25) is 0 Å². The number of carboxylic acids is 1. The summed E-state index contributed by atoms with van der Waals surface area (Å²) in [5.41, 5.74) is 11.1. The van der Waals surface area contributed by atoms with Crippen LogP contribution in [-0.2, 0) is 9.53 Å². The molecular weight excluding hydrogens is 510 g/mol. The Kier molecular flexibility index (Phi) is 6.29. The van der Waals surface area contributed by atoms with Crippen LogP contribution in [0.3, 0.4) is 0 Å². The van der Waals surface area contributed by atoms with Crippen LogP contribution in [0.4, 0.5) is 5.82 Å². The minimum atomic E-state index is -0.842. The smallest absolute Gasteiger partial charge is 0.306 e. The van der Waals surface area contributed by atoms with Crippen LogP contribution in [0, 0.1) is 0 Å². The lowest BCUT2D eigenvalue weighted by Crippen LogP contribution is -2.38. The molecule has 0 spiro atoms. The largest absolute Gasteiger partial charge is 0.481 e. The molecule has 5 rings (SSSR count). The van der Waals surface area contributed by atoms with Crippen molar-refractivity contribution in [3.05, 3.63) is 65.0 Å². The van der Waals surface area contributed by atoms with Crippen LogP contribution in [0.1, 0.15) is 43.7 Å². The number of anilines is 1. The Morgan fingerprint density at radius 1 is 1.17 bits per heavy atom. The topological polar surface area (TPSA) is 116 Å². The fourth-order valence-electron chi connectivity index (χ4n) is 4.97. The van der Waals surface area contributed by atoms with Crippen molar-refractivity contribution in [1.29, 1.82) is 0 Å². The van der Waals surface area contributed by atoms with Gasteiger partial charge in [0.1, 0.15) is 5.82 Å². The van der Waals surface area contributed by atoms with Crippen molar-refractivity contribution in [2.45, 2.75) is 43.6 Å². The van der Waals surface area contributed by atoms with E-state index in [1.165, 1.54) is 0 Å². The monoisotopic (exact) mass is 535 g/mol. The number of hydrogen-bond donors (Lipinski definition) is 2. The number of hydrogen-bond acceptors (Lipinski definition) is 6. The Morgan fingerprint density at radius 3 is 2.54 bits per heavy atom. The number of pyridine rings is 1. The number of nitrogen functional groups attached to an aromatic ring is 1. The summed E-state index contributed by atoms with van der Waals surface area (Å²) in [6, 6.07) is 14.0. The van der Waals surface area contributed by atoms with Gasteiger partial charge < -0.3 is 15.6 Å². The molecule has 180 valence electrons. The average molecular weight is 536 g/mol. The number of carboxylic acid groups (broad SMARTS) is 1. The maximum atomic E-state index is 11.3. The van der Waals surface area contributed by atoms with Gasteiger partial charge >= 0.3 is 5.97 Å². The molecule has 9 heteroatoms. The second-order valence-corrected chi connectivity index (χ2v) is 9.81. The number of aromatic nitrogens is 4. The summed E-state index contributed by atoms with van der Waals surface area (Å²) in [6.07, 6.45) is 6.42. The molecule has 0 atom stereocenters. The summed E-state index contributed by atoms with van der Waals surface area (Å²) >= 11 is 3.64. The molecule has 0 radical (unpaired) electrons. The molecule has 1 aliphatic rings. The van der Waals surface area contributed by atoms with Crippen LogP contribution >= 0.6 is 15.9 Å². The second-order valence-electron chi connectivity index (χ2n) is 9.02. The first-order chi connectivity index (χ1) is 16.9. The third kappa shape index (κ3) is 4.41. The first kappa shape index (κ1) is 23.4.